The zero-order valence-electron chi connectivity index (χ0n) is 14.2. The molecule has 0 atom stereocenters. The largest absolute Gasteiger partial charge is 0.465 e. The Balaban J connectivity index is 1.79. The van der Waals surface area contributed by atoms with Gasteiger partial charge in [-0.25, -0.2) is 4.79 Å². The van der Waals surface area contributed by atoms with Crippen molar-refractivity contribution in [2.75, 3.05) is 12.4 Å². The summed E-state index contributed by atoms with van der Waals surface area (Å²) in [6.45, 7) is 0. The van der Waals surface area contributed by atoms with Crippen LogP contribution in [0.25, 0.3) is 21.7 Å². The third kappa shape index (κ3) is 2.98. The summed E-state index contributed by atoms with van der Waals surface area (Å²) in [6.07, 6.45) is 0. The normalized spacial score (nSPS) is 10.9. The van der Waals surface area contributed by atoms with Gasteiger partial charge in [0.05, 0.1) is 12.7 Å². The van der Waals surface area contributed by atoms with Crippen LogP contribution in [0.3, 0.4) is 0 Å². The smallest absolute Gasteiger partial charge is 0.340 e. The molecule has 0 spiro atoms. The molecule has 27 heavy (non-hydrogen) atoms. The highest BCUT2D eigenvalue weighted by Crippen LogP contribution is 2.27. The van der Waals surface area contributed by atoms with Crippen LogP contribution in [0.4, 0.5) is 5.00 Å². The van der Waals surface area contributed by atoms with Gasteiger partial charge >= 0.3 is 5.97 Å². The first kappa shape index (κ1) is 17.0. The standard InChI is InChI=1S/C20H14N2O4S/c1-25-20(24)13-8-9-27-19(13)22-18(23)15-10-14-12-5-3-2-4-11(12)6-7-16(14)26-17(15)21/h2-10,21H,1H3,(H,22,23). The number of rotatable bonds is 3. The number of thiophene rings is 1. The predicted octanol–water partition coefficient (Wildman–Crippen LogP) is 4.17. The molecule has 0 saturated carbocycles. The molecule has 0 aliphatic carbocycles. The van der Waals surface area contributed by atoms with Gasteiger partial charge in [0.15, 0.2) is 0 Å². The summed E-state index contributed by atoms with van der Waals surface area (Å²) in [5.74, 6) is -1.06. The van der Waals surface area contributed by atoms with Crippen LogP contribution in [0.15, 0.2) is 58.3 Å². The Hall–Kier alpha value is -3.45. The van der Waals surface area contributed by atoms with Crippen molar-refractivity contribution in [1.29, 1.82) is 5.41 Å². The number of carbonyl (C=O) groups is 2. The van der Waals surface area contributed by atoms with Crippen molar-refractivity contribution < 1.29 is 18.7 Å². The first-order chi connectivity index (χ1) is 13.1. The highest BCUT2D eigenvalue weighted by molar-refractivity contribution is 7.14. The summed E-state index contributed by atoms with van der Waals surface area (Å²) in [6, 6.07) is 14.7. The molecule has 0 aliphatic heterocycles. The van der Waals surface area contributed by atoms with Crippen LogP contribution in [0, 0.1) is 5.41 Å². The maximum atomic E-state index is 12.7. The summed E-state index contributed by atoms with van der Waals surface area (Å²) in [4.78, 5) is 24.5. The van der Waals surface area contributed by atoms with Crippen LogP contribution in [0.2, 0.25) is 0 Å². The Morgan fingerprint density at radius 2 is 1.89 bits per heavy atom. The van der Waals surface area contributed by atoms with E-state index in [0.717, 1.165) is 16.2 Å². The molecule has 2 heterocycles. The highest BCUT2D eigenvalue weighted by Gasteiger charge is 2.18. The quantitative estimate of drug-likeness (QED) is 0.413. The van der Waals surface area contributed by atoms with Crippen molar-refractivity contribution in [3.05, 3.63) is 70.6 Å². The van der Waals surface area contributed by atoms with Gasteiger partial charge in [-0.1, -0.05) is 30.3 Å². The van der Waals surface area contributed by atoms with E-state index in [2.05, 4.69) is 5.32 Å². The minimum absolute atomic E-state index is 0.0862. The molecule has 2 aromatic heterocycles. The summed E-state index contributed by atoms with van der Waals surface area (Å²) >= 11 is 1.20. The molecule has 0 aliphatic rings. The predicted molar refractivity (Wildman–Crippen MR) is 103 cm³/mol. The molecule has 0 fully saturated rings. The van der Waals surface area contributed by atoms with Gasteiger partial charge in [0, 0.05) is 5.39 Å². The molecule has 0 radical (unpaired) electrons. The maximum Gasteiger partial charge on any atom is 0.340 e. The molecule has 7 heteroatoms. The Kier molecular flexibility index (Phi) is 4.21. The Morgan fingerprint density at radius 1 is 1.07 bits per heavy atom. The molecule has 134 valence electrons. The average molecular weight is 378 g/mol. The molecule has 1 amide bonds. The number of fused-ring (bicyclic) bond motifs is 3. The van der Waals surface area contributed by atoms with Gasteiger partial charge in [-0.2, -0.15) is 0 Å². The van der Waals surface area contributed by atoms with Crippen LogP contribution in [0.5, 0.6) is 0 Å². The number of carbonyl (C=O) groups excluding carboxylic acids is 2. The molecule has 2 N–H and O–H groups in total. The van der Waals surface area contributed by atoms with Gasteiger partial charge < -0.3 is 14.5 Å². The average Bonchev–Trinajstić information content (AvgIpc) is 3.14. The number of amides is 1. The van der Waals surface area contributed by atoms with Crippen molar-refractivity contribution in [3.63, 3.8) is 0 Å². The van der Waals surface area contributed by atoms with Gasteiger partial charge in [0.25, 0.3) is 5.91 Å². The van der Waals surface area contributed by atoms with E-state index in [0.29, 0.717) is 10.6 Å². The molecule has 4 rings (SSSR count). The fourth-order valence-electron chi connectivity index (χ4n) is 2.90. The lowest BCUT2D eigenvalue weighted by atomic mass is 10.0. The SMILES string of the molecule is COC(=O)c1ccsc1NC(=O)c1cc2c(ccc3ccccc32)oc1=N. The minimum atomic E-state index is -0.535. The molecule has 0 bridgehead atoms. The van der Waals surface area contributed by atoms with Crippen molar-refractivity contribution in [2.45, 2.75) is 0 Å². The number of methoxy groups -OCH3 is 1. The van der Waals surface area contributed by atoms with Crippen LogP contribution in [-0.2, 0) is 4.74 Å². The van der Waals surface area contributed by atoms with Crippen molar-refractivity contribution in [3.8, 4) is 0 Å². The Labute approximate surface area is 157 Å². The zero-order valence-corrected chi connectivity index (χ0v) is 15.1. The fraction of sp³-hybridized carbons (Fsp3) is 0.0500. The van der Waals surface area contributed by atoms with Gasteiger partial charge in [0.2, 0.25) is 5.55 Å². The van der Waals surface area contributed by atoms with Crippen LogP contribution in [0.1, 0.15) is 20.7 Å². The number of nitrogens with one attached hydrogen (secondary N) is 2. The van der Waals surface area contributed by atoms with E-state index in [-0.39, 0.29) is 16.7 Å². The van der Waals surface area contributed by atoms with E-state index in [1.54, 1.807) is 23.6 Å². The summed E-state index contributed by atoms with van der Waals surface area (Å²) in [7, 11) is 1.28. The molecule has 4 aromatic rings. The molecular weight excluding hydrogens is 364 g/mol. The number of hydrogen-bond donors (Lipinski definition) is 2. The van der Waals surface area contributed by atoms with Crippen molar-refractivity contribution in [2.24, 2.45) is 0 Å². The first-order valence-corrected chi connectivity index (χ1v) is 8.94. The van der Waals surface area contributed by atoms with Crippen molar-refractivity contribution >= 4 is 50.0 Å². The molecule has 0 saturated heterocycles. The second-order valence-corrected chi connectivity index (χ2v) is 6.71. The third-order valence-electron chi connectivity index (χ3n) is 4.22. The maximum absolute atomic E-state index is 12.7. The zero-order chi connectivity index (χ0) is 19.0. The van der Waals surface area contributed by atoms with Crippen LogP contribution < -0.4 is 10.9 Å². The fourth-order valence-corrected chi connectivity index (χ4v) is 3.67. The number of hydrogen-bond acceptors (Lipinski definition) is 6. The lowest BCUT2D eigenvalue weighted by Gasteiger charge is -2.08. The third-order valence-corrected chi connectivity index (χ3v) is 5.05. The van der Waals surface area contributed by atoms with Gasteiger partial charge in [-0.05, 0) is 34.4 Å². The van der Waals surface area contributed by atoms with E-state index in [1.807, 2.05) is 30.3 Å². The minimum Gasteiger partial charge on any atom is -0.465 e. The van der Waals surface area contributed by atoms with Gasteiger partial charge in [0.1, 0.15) is 16.1 Å². The number of anilines is 1. The van der Waals surface area contributed by atoms with Crippen LogP contribution >= 0.6 is 11.3 Å². The van der Waals surface area contributed by atoms with E-state index < -0.39 is 11.9 Å². The lowest BCUT2D eigenvalue weighted by molar-refractivity contribution is 0.0602. The number of esters is 1. The second-order valence-electron chi connectivity index (χ2n) is 5.80. The molecule has 2 aromatic carbocycles. The Morgan fingerprint density at radius 3 is 2.70 bits per heavy atom. The lowest BCUT2D eigenvalue weighted by Crippen LogP contribution is -2.21. The van der Waals surface area contributed by atoms with E-state index in [1.165, 1.54) is 18.4 Å². The topological polar surface area (TPSA) is 92.4 Å². The Bertz CT molecular complexity index is 1260. The van der Waals surface area contributed by atoms with Crippen LogP contribution in [-0.4, -0.2) is 19.0 Å². The summed E-state index contributed by atoms with van der Waals surface area (Å²) in [5, 5.41) is 15.5. The summed E-state index contributed by atoms with van der Waals surface area (Å²) in [5.41, 5.74) is 0.640. The molecular formula is C20H14N2O4S. The summed E-state index contributed by atoms with van der Waals surface area (Å²) < 4.78 is 10.3. The molecule has 6 nitrogen and oxygen atoms in total. The highest BCUT2D eigenvalue weighted by atomic mass is 32.1. The first-order valence-electron chi connectivity index (χ1n) is 8.06. The monoisotopic (exact) mass is 378 g/mol. The van der Waals surface area contributed by atoms with E-state index in [9.17, 15) is 9.59 Å². The molecule has 0 unspecified atom stereocenters. The number of ether oxygens (including phenoxy) is 1. The van der Waals surface area contributed by atoms with Gasteiger partial charge in [-0.3, -0.25) is 10.2 Å². The number of benzene rings is 2. The van der Waals surface area contributed by atoms with E-state index >= 15 is 0 Å². The van der Waals surface area contributed by atoms with Crippen molar-refractivity contribution in [1.82, 2.24) is 0 Å². The second kappa shape index (κ2) is 6.69. The van der Waals surface area contributed by atoms with Gasteiger partial charge in [-0.15, -0.1) is 11.3 Å². The van der Waals surface area contributed by atoms with E-state index in [4.69, 9.17) is 14.6 Å².